The topological polar surface area (TPSA) is 65.3 Å². The van der Waals surface area contributed by atoms with Crippen LogP contribution in [0.4, 0.5) is 0 Å². The molecule has 0 bridgehead atoms. The van der Waals surface area contributed by atoms with Crippen molar-refractivity contribution >= 4 is 5.65 Å². The summed E-state index contributed by atoms with van der Waals surface area (Å²) in [6, 6.07) is 11.0. The first-order chi connectivity index (χ1) is 9.58. The highest BCUT2D eigenvalue weighted by Gasteiger charge is 2.15. The van der Waals surface area contributed by atoms with Gasteiger partial charge in [-0.1, -0.05) is 18.2 Å². The van der Waals surface area contributed by atoms with E-state index in [0.717, 1.165) is 11.3 Å². The van der Waals surface area contributed by atoms with Crippen LogP contribution in [0.1, 0.15) is 24.4 Å². The highest BCUT2D eigenvalue weighted by Crippen LogP contribution is 2.14. The maximum absolute atomic E-state index is 12.7. The molecule has 0 amide bonds. The molecule has 5 heteroatoms. The van der Waals surface area contributed by atoms with Crippen molar-refractivity contribution in [1.29, 1.82) is 0 Å². The van der Waals surface area contributed by atoms with Crippen LogP contribution in [-0.4, -0.2) is 14.0 Å². The fourth-order valence-electron chi connectivity index (χ4n) is 2.32. The summed E-state index contributed by atoms with van der Waals surface area (Å²) in [4.78, 5) is 17.2. The van der Waals surface area contributed by atoms with E-state index in [0.29, 0.717) is 11.5 Å². The van der Waals surface area contributed by atoms with Gasteiger partial charge in [0, 0.05) is 6.20 Å². The number of benzene rings is 1. The Hall–Kier alpha value is -2.40. The first kappa shape index (κ1) is 12.6. The Morgan fingerprint density at radius 3 is 2.60 bits per heavy atom. The molecule has 0 aliphatic carbocycles. The number of aryl methyl sites for hydroxylation is 1. The van der Waals surface area contributed by atoms with E-state index in [1.54, 1.807) is 15.2 Å². The lowest BCUT2D eigenvalue weighted by Crippen LogP contribution is -2.31. The van der Waals surface area contributed by atoms with Crippen molar-refractivity contribution < 1.29 is 0 Å². The Balaban J connectivity index is 2.42. The van der Waals surface area contributed by atoms with Gasteiger partial charge in [0.1, 0.15) is 11.5 Å². The molecule has 0 saturated carbocycles. The van der Waals surface area contributed by atoms with Crippen molar-refractivity contribution in [1.82, 2.24) is 14.0 Å². The van der Waals surface area contributed by atoms with Crippen LogP contribution < -0.4 is 11.4 Å². The molecular weight excluding hydrogens is 252 g/mol. The fraction of sp³-hybridized carbons (Fsp3) is 0.200. The molecule has 1 aromatic carbocycles. The summed E-state index contributed by atoms with van der Waals surface area (Å²) < 4.78 is 3.12. The molecule has 0 radical (unpaired) electrons. The van der Waals surface area contributed by atoms with Gasteiger partial charge in [-0.05, 0) is 37.6 Å². The summed E-state index contributed by atoms with van der Waals surface area (Å²) in [5, 5.41) is 0. The van der Waals surface area contributed by atoms with Gasteiger partial charge in [-0.2, -0.15) is 0 Å². The minimum atomic E-state index is -0.330. The average Bonchev–Trinajstić information content (AvgIpc) is 2.80. The van der Waals surface area contributed by atoms with Gasteiger partial charge >= 0.3 is 5.69 Å². The van der Waals surface area contributed by atoms with E-state index in [2.05, 4.69) is 4.98 Å². The Labute approximate surface area is 116 Å². The van der Waals surface area contributed by atoms with Crippen LogP contribution in [0.5, 0.6) is 0 Å². The number of fused-ring (bicyclic) bond motifs is 1. The minimum absolute atomic E-state index is 0.151. The molecule has 2 heterocycles. The van der Waals surface area contributed by atoms with E-state index in [9.17, 15) is 4.79 Å². The minimum Gasteiger partial charge on any atom is -0.322 e. The van der Waals surface area contributed by atoms with E-state index in [1.807, 2.05) is 50.2 Å². The predicted octanol–water partition coefficient (Wildman–Crippen LogP) is 1.81. The molecule has 1 unspecified atom stereocenters. The van der Waals surface area contributed by atoms with E-state index in [-0.39, 0.29) is 11.7 Å². The zero-order valence-corrected chi connectivity index (χ0v) is 11.4. The summed E-state index contributed by atoms with van der Waals surface area (Å²) in [5.74, 6) is 0.562. The molecule has 0 aliphatic rings. The third-order valence-electron chi connectivity index (χ3n) is 3.21. The molecular formula is C15H16N4O. The molecule has 0 aliphatic heterocycles. The lowest BCUT2D eigenvalue weighted by atomic mass is 10.2. The van der Waals surface area contributed by atoms with E-state index in [4.69, 9.17) is 5.73 Å². The molecule has 2 N–H and O–H groups in total. The molecule has 102 valence electrons. The second kappa shape index (κ2) is 4.61. The van der Waals surface area contributed by atoms with E-state index in [1.165, 1.54) is 0 Å². The number of rotatable bonds is 2. The molecule has 3 rings (SSSR count). The maximum atomic E-state index is 12.7. The summed E-state index contributed by atoms with van der Waals surface area (Å²) in [6.07, 6.45) is 1.79. The largest absolute Gasteiger partial charge is 0.339 e. The third-order valence-corrected chi connectivity index (χ3v) is 3.21. The SMILES string of the molecule is Cc1cc2nc(C(C)N)n(-c3ccccc3)c(=O)n2c1. The highest BCUT2D eigenvalue weighted by molar-refractivity contribution is 5.44. The van der Waals surface area contributed by atoms with Gasteiger partial charge < -0.3 is 5.73 Å². The fourth-order valence-corrected chi connectivity index (χ4v) is 2.32. The standard InChI is InChI=1S/C15H16N4O/c1-10-8-13-17-14(11(2)16)19(15(20)18(13)9-10)12-6-4-3-5-7-12/h3-9,11H,16H2,1-2H3. The first-order valence-corrected chi connectivity index (χ1v) is 6.50. The van der Waals surface area contributed by atoms with Gasteiger partial charge in [0.25, 0.3) is 0 Å². The highest BCUT2D eigenvalue weighted by atomic mass is 16.1. The predicted molar refractivity (Wildman–Crippen MR) is 78.1 cm³/mol. The normalized spacial score (nSPS) is 12.8. The molecule has 0 spiro atoms. The van der Waals surface area contributed by atoms with Gasteiger partial charge in [-0.3, -0.25) is 4.40 Å². The number of para-hydroxylation sites is 1. The molecule has 1 atom stereocenters. The Kier molecular flexibility index (Phi) is 2.91. The summed E-state index contributed by atoms with van der Waals surface area (Å²) in [6.45, 7) is 3.76. The van der Waals surface area contributed by atoms with Crippen LogP contribution in [0.25, 0.3) is 11.3 Å². The number of nitrogens with two attached hydrogens (primary N) is 1. The lowest BCUT2D eigenvalue weighted by Gasteiger charge is -2.15. The lowest BCUT2D eigenvalue weighted by molar-refractivity contribution is 0.667. The number of hydrogen-bond acceptors (Lipinski definition) is 3. The number of hydrogen-bond donors (Lipinski definition) is 1. The van der Waals surface area contributed by atoms with Crippen LogP contribution >= 0.6 is 0 Å². The first-order valence-electron chi connectivity index (χ1n) is 6.50. The van der Waals surface area contributed by atoms with E-state index >= 15 is 0 Å². The average molecular weight is 268 g/mol. The van der Waals surface area contributed by atoms with Crippen LogP contribution in [0.3, 0.4) is 0 Å². The summed E-state index contributed by atoms with van der Waals surface area (Å²) in [5.41, 5.74) is 8.23. The second-order valence-corrected chi connectivity index (χ2v) is 4.96. The Morgan fingerprint density at radius 2 is 1.95 bits per heavy atom. The van der Waals surface area contributed by atoms with Crippen molar-refractivity contribution in [2.45, 2.75) is 19.9 Å². The zero-order chi connectivity index (χ0) is 14.3. The summed E-state index contributed by atoms with van der Waals surface area (Å²) >= 11 is 0. The summed E-state index contributed by atoms with van der Waals surface area (Å²) in [7, 11) is 0. The van der Waals surface area contributed by atoms with Crippen molar-refractivity contribution in [3.8, 4) is 5.69 Å². The van der Waals surface area contributed by atoms with Crippen LogP contribution in [0, 0.1) is 6.92 Å². The molecule has 0 saturated heterocycles. The Bertz CT molecular complexity index is 815. The van der Waals surface area contributed by atoms with Crippen LogP contribution in [0.15, 0.2) is 47.4 Å². The van der Waals surface area contributed by atoms with Crippen molar-refractivity contribution in [3.63, 3.8) is 0 Å². The van der Waals surface area contributed by atoms with Crippen LogP contribution in [0.2, 0.25) is 0 Å². The second-order valence-electron chi connectivity index (χ2n) is 4.96. The van der Waals surface area contributed by atoms with Crippen molar-refractivity contribution in [2.24, 2.45) is 5.73 Å². The maximum Gasteiger partial charge on any atom is 0.339 e. The van der Waals surface area contributed by atoms with Gasteiger partial charge in [-0.25, -0.2) is 14.3 Å². The van der Waals surface area contributed by atoms with Gasteiger partial charge in [0.05, 0.1) is 11.7 Å². The third kappa shape index (κ3) is 1.92. The number of nitrogens with zero attached hydrogens (tertiary/aromatic N) is 3. The van der Waals surface area contributed by atoms with E-state index < -0.39 is 0 Å². The zero-order valence-electron chi connectivity index (χ0n) is 11.4. The van der Waals surface area contributed by atoms with Crippen molar-refractivity contribution in [2.75, 3.05) is 0 Å². The molecule has 0 fully saturated rings. The smallest absolute Gasteiger partial charge is 0.322 e. The van der Waals surface area contributed by atoms with Gasteiger partial charge in [-0.15, -0.1) is 0 Å². The Morgan fingerprint density at radius 1 is 1.25 bits per heavy atom. The molecule has 20 heavy (non-hydrogen) atoms. The molecule has 2 aromatic heterocycles. The monoisotopic (exact) mass is 268 g/mol. The van der Waals surface area contributed by atoms with Crippen LogP contribution in [-0.2, 0) is 0 Å². The quantitative estimate of drug-likeness (QED) is 0.771. The number of aromatic nitrogens is 3. The molecule has 5 nitrogen and oxygen atoms in total. The van der Waals surface area contributed by atoms with Gasteiger partial charge in [0.2, 0.25) is 0 Å². The molecule has 3 aromatic rings. The van der Waals surface area contributed by atoms with Crippen molar-refractivity contribution in [3.05, 3.63) is 64.5 Å². The van der Waals surface area contributed by atoms with Gasteiger partial charge in [0.15, 0.2) is 0 Å².